The van der Waals surface area contributed by atoms with Crippen molar-refractivity contribution in [1.82, 2.24) is 0 Å². The zero-order valence-electron chi connectivity index (χ0n) is 10.4. The van der Waals surface area contributed by atoms with Crippen LogP contribution in [0.4, 0.5) is 14.5 Å². The van der Waals surface area contributed by atoms with Crippen molar-refractivity contribution in [3.63, 3.8) is 0 Å². The SMILES string of the molecule is O=C(Nc1cc(Br)ccc1Cl)c1cccc(OC(F)F)c1. The molecule has 0 aromatic heterocycles. The van der Waals surface area contributed by atoms with Crippen molar-refractivity contribution < 1.29 is 18.3 Å². The summed E-state index contributed by atoms with van der Waals surface area (Å²) in [6, 6.07) is 10.5. The molecule has 110 valence electrons. The molecular formula is C14H9BrClF2NO2. The average Bonchev–Trinajstić information content (AvgIpc) is 2.42. The van der Waals surface area contributed by atoms with Gasteiger partial charge in [0, 0.05) is 10.0 Å². The molecule has 0 atom stereocenters. The first-order chi connectivity index (χ1) is 9.95. The molecule has 0 saturated heterocycles. The summed E-state index contributed by atoms with van der Waals surface area (Å²) < 4.78 is 29.3. The molecule has 0 fully saturated rings. The Bertz CT molecular complexity index is 667. The molecule has 21 heavy (non-hydrogen) atoms. The monoisotopic (exact) mass is 375 g/mol. The Morgan fingerprint density at radius 3 is 2.71 bits per heavy atom. The number of ether oxygens (including phenoxy) is 1. The summed E-state index contributed by atoms with van der Waals surface area (Å²) in [5.74, 6) is -0.562. The molecule has 0 aliphatic heterocycles. The maximum atomic E-state index is 12.2. The van der Waals surface area contributed by atoms with E-state index in [1.54, 1.807) is 18.2 Å². The Morgan fingerprint density at radius 2 is 2.00 bits per heavy atom. The van der Waals surface area contributed by atoms with Crippen molar-refractivity contribution in [3.8, 4) is 5.75 Å². The highest BCUT2D eigenvalue weighted by Crippen LogP contribution is 2.26. The first kappa shape index (κ1) is 15.7. The second-order valence-corrected chi connectivity index (χ2v) is 5.31. The molecule has 0 unspecified atom stereocenters. The molecule has 0 radical (unpaired) electrons. The fraction of sp³-hybridized carbons (Fsp3) is 0.0714. The number of hydrogen-bond acceptors (Lipinski definition) is 2. The lowest BCUT2D eigenvalue weighted by Crippen LogP contribution is -2.12. The average molecular weight is 377 g/mol. The molecular weight excluding hydrogens is 368 g/mol. The molecule has 1 N–H and O–H groups in total. The number of carbonyl (C=O) groups is 1. The van der Waals surface area contributed by atoms with Gasteiger partial charge in [-0.25, -0.2) is 0 Å². The second kappa shape index (κ2) is 6.87. The zero-order valence-corrected chi connectivity index (χ0v) is 12.8. The summed E-state index contributed by atoms with van der Waals surface area (Å²) in [6.07, 6.45) is 0. The van der Waals surface area contributed by atoms with Gasteiger partial charge in [0.2, 0.25) is 0 Å². The number of rotatable bonds is 4. The van der Waals surface area contributed by atoms with E-state index in [0.29, 0.717) is 10.7 Å². The Morgan fingerprint density at radius 1 is 1.24 bits per heavy atom. The summed E-state index contributed by atoms with van der Waals surface area (Å²) in [5.41, 5.74) is 0.598. The lowest BCUT2D eigenvalue weighted by atomic mass is 10.2. The van der Waals surface area contributed by atoms with Gasteiger partial charge in [0.25, 0.3) is 5.91 Å². The number of nitrogens with one attached hydrogen (secondary N) is 1. The molecule has 2 aromatic carbocycles. The second-order valence-electron chi connectivity index (χ2n) is 3.98. The van der Waals surface area contributed by atoms with Crippen molar-refractivity contribution in [2.45, 2.75) is 6.61 Å². The van der Waals surface area contributed by atoms with Crippen LogP contribution < -0.4 is 10.1 Å². The zero-order chi connectivity index (χ0) is 15.4. The van der Waals surface area contributed by atoms with E-state index in [-0.39, 0.29) is 11.3 Å². The predicted octanol–water partition coefficient (Wildman–Crippen LogP) is 4.96. The number of amides is 1. The lowest BCUT2D eigenvalue weighted by Gasteiger charge is -2.09. The Kier molecular flexibility index (Phi) is 5.14. The minimum Gasteiger partial charge on any atom is -0.435 e. The van der Waals surface area contributed by atoms with E-state index in [1.807, 2.05) is 0 Å². The van der Waals surface area contributed by atoms with Crippen LogP contribution in [0.3, 0.4) is 0 Å². The number of carbonyl (C=O) groups excluding carboxylic acids is 1. The maximum absolute atomic E-state index is 12.2. The number of halogens is 4. The van der Waals surface area contributed by atoms with Gasteiger partial charge >= 0.3 is 6.61 Å². The van der Waals surface area contributed by atoms with Crippen LogP contribution in [-0.4, -0.2) is 12.5 Å². The number of alkyl halides is 2. The van der Waals surface area contributed by atoms with Crippen LogP contribution in [0.1, 0.15) is 10.4 Å². The van der Waals surface area contributed by atoms with E-state index < -0.39 is 12.5 Å². The van der Waals surface area contributed by atoms with Gasteiger partial charge in [0.15, 0.2) is 0 Å². The van der Waals surface area contributed by atoms with E-state index in [9.17, 15) is 13.6 Å². The van der Waals surface area contributed by atoms with Gasteiger partial charge in [-0.1, -0.05) is 33.6 Å². The molecule has 2 aromatic rings. The van der Waals surface area contributed by atoms with Crippen molar-refractivity contribution >= 4 is 39.1 Å². The molecule has 0 spiro atoms. The van der Waals surface area contributed by atoms with Gasteiger partial charge in [0.1, 0.15) is 5.75 Å². The lowest BCUT2D eigenvalue weighted by molar-refractivity contribution is -0.0498. The van der Waals surface area contributed by atoms with E-state index in [2.05, 4.69) is 26.0 Å². The van der Waals surface area contributed by atoms with Gasteiger partial charge in [-0.2, -0.15) is 8.78 Å². The van der Waals surface area contributed by atoms with Crippen LogP contribution >= 0.6 is 27.5 Å². The minimum absolute atomic E-state index is 0.0852. The third-order valence-electron chi connectivity index (χ3n) is 2.50. The summed E-state index contributed by atoms with van der Waals surface area (Å²) in [7, 11) is 0. The molecule has 2 rings (SSSR count). The molecule has 0 aliphatic rings. The minimum atomic E-state index is -2.94. The van der Waals surface area contributed by atoms with Gasteiger partial charge in [0.05, 0.1) is 10.7 Å². The molecule has 0 saturated carbocycles. The van der Waals surface area contributed by atoms with Crippen LogP contribution in [0.5, 0.6) is 5.75 Å². The first-order valence-electron chi connectivity index (χ1n) is 5.77. The third-order valence-corrected chi connectivity index (χ3v) is 3.32. The predicted molar refractivity (Wildman–Crippen MR) is 80.2 cm³/mol. The summed E-state index contributed by atoms with van der Waals surface area (Å²) in [6.45, 7) is -2.94. The van der Waals surface area contributed by atoms with Gasteiger partial charge in [-0.15, -0.1) is 0 Å². The quantitative estimate of drug-likeness (QED) is 0.819. The Hall–Kier alpha value is -1.66. The highest BCUT2D eigenvalue weighted by atomic mass is 79.9. The standard InChI is InChI=1S/C14H9BrClF2NO2/c15-9-4-5-11(16)12(7-9)19-13(20)8-2-1-3-10(6-8)21-14(17)18/h1-7,14H,(H,19,20). The Labute approximate surface area is 133 Å². The van der Waals surface area contributed by atoms with Gasteiger partial charge in [-0.3, -0.25) is 4.79 Å². The molecule has 7 heteroatoms. The molecule has 3 nitrogen and oxygen atoms in total. The number of hydrogen-bond donors (Lipinski definition) is 1. The largest absolute Gasteiger partial charge is 0.435 e. The third kappa shape index (κ3) is 4.41. The highest BCUT2D eigenvalue weighted by molar-refractivity contribution is 9.10. The van der Waals surface area contributed by atoms with Crippen LogP contribution in [-0.2, 0) is 0 Å². The normalized spacial score (nSPS) is 10.5. The maximum Gasteiger partial charge on any atom is 0.387 e. The Balaban J connectivity index is 2.18. The molecule has 0 bridgehead atoms. The van der Waals surface area contributed by atoms with E-state index >= 15 is 0 Å². The van der Waals surface area contributed by atoms with Crippen LogP contribution in [0.15, 0.2) is 46.9 Å². The first-order valence-corrected chi connectivity index (χ1v) is 6.94. The van der Waals surface area contributed by atoms with Gasteiger partial charge in [-0.05, 0) is 36.4 Å². The molecule has 0 heterocycles. The molecule has 1 amide bonds. The summed E-state index contributed by atoms with van der Waals surface area (Å²) >= 11 is 9.24. The van der Waals surface area contributed by atoms with Crippen molar-refractivity contribution in [2.75, 3.05) is 5.32 Å². The topological polar surface area (TPSA) is 38.3 Å². The van der Waals surface area contributed by atoms with Crippen molar-refractivity contribution in [2.24, 2.45) is 0 Å². The van der Waals surface area contributed by atoms with Crippen LogP contribution in [0.2, 0.25) is 5.02 Å². The van der Waals surface area contributed by atoms with Crippen molar-refractivity contribution in [3.05, 3.63) is 57.5 Å². The van der Waals surface area contributed by atoms with Gasteiger partial charge < -0.3 is 10.1 Å². The number of anilines is 1. The summed E-state index contributed by atoms with van der Waals surface area (Å²) in [4.78, 5) is 12.1. The molecule has 0 aliphatic carbocycles. The van der Waals surface area contributed by atoms with Crippen molar-refractivity contribution in [1.29, 1.82) is 0 Å². The smallest absolute Gasteiger partial charge is 0.387 e. The van der Waals surface area contributed by atoms with Crippen LogP contribution in [0.25, 0.3) is 0 Å². The fourth-order valence-electron chi connectivity index (χ4n) is 1.60. The fourth-order valence-corrected chi connectivity index (χ4v) is 2.13. The highest BCUT2D eigenvalue weighted by Gasteiger charge is 2.11. The van der Waals surface area contributed by atoms with Crippen LogP contribution in [0, 0.1) is 0 Å². The summed E-state index contributed by atoms with van der Waals surface area (Å²) in [5, 5.41) is 2.97. The van der Waals surface area contributed by atoms with E-state index in [1.165, 1.54) is 24.3 Å². The van der Waals surface area contributed by atoms with E-state index in [4.69, 9.17) is 11.6 Å². The number of benzene rings is 2. The van der Waals surface area contributed by atoms with E-state index in [0.717, 1.165) is 4.47 Å².